The molecule has 0 amide bonds. The molecule has 102 heavy (non-hydrogen) atoms. The number of fused-ring (bicyclic) bond motifs is 4. The standard InChI is InChI=1S/2C24H23FO.2C24H24O/c2*1-15(2)16-7-9-18(10-8-16)21-14-22(21)23(26)13-19-12-11-17-5-3-4-6-20(17)24(19)25;2*1-16(2)19-8-5-9-21(14-19)22-15-23(22)24(25)13-17-10-11-18-6-3-4-7-20(18)12-17/h2*3-12,15,21-22H,13-14H2,1-2H3;2*3-12,14,16,22-23H,13,15H2,1-2H3/t21-,22+;;22-,23+;/m0.0./s1. The highest BCUT2D eigenvalue weighted by atomic mass is 19.1. The van der Waals surface area contributed by atoms with E-state index < -0.39 is 0 Å². The van der Waals surface area contributed by atoms with Crippen molar-refractivity contribution in [2.45, 2.75) is 154 Å². The summed E-state index contributed by atoms with van der Waals surface area (Å²) in [5, 5.41) is 7.81. The second-order valence-electron chi connectivity index (χ2n) is 30.5. The van der Waals surface area contributed by atoms with Crippen LogP contribution in [0.4, 0.5) is 8.78 Å². The van der Waals surface area contributed by atoms with E-state index >= 15 is 0 Å². The van der Waals surface area contributed by atoms with Gasteiger partial charge in [0.2, 0.25) is 0 Å². The van der Waals surface area contributed by atoms with Crippen molar-refractivity contribution in [1.82, 2.24) is 0 Å². The molecule has 4 fully saturated rings. The summed E-state index contributed by atoms with van der Waals surface area (Å²) >= 11 is 0. The molecule has 0 saturated heterocycles. The third-order valence-electron chi connectivity index (χ3n) is 21.9. The van der Waals surface area contributed by atoms with Crippen LogP contribution in [0.1, 0.15) is 195 Å². The van der Waals surface area contributed by atoms with Crippen LogP contribution < -0.4 is 0 Å². The zero-order valence-electron chi connectivity index (χ0n) is 60.2. The predicted octanol–water partition coefficient (Wildman–Crippen LogP) is 23.8. The summed E-state index contributed by atoms with van der Waals surface area (Å²) in [6, 6.07) is 86.2. The molecule has 516 valence electrons. The Morgan fingerprint density at radius 2 is 0.588 bits per heavy atom. The molecule has 4 aliphatic carbocycles. The number of rotatable bonds is 20. The van der Waals surface area contributed by atoms with Crippen molar-refractivity contribution in [2.24, 2.45) is 23.7 Å². The molecule has 4 aliphatic rings. The molecule has 0 aromatic heterocycles. The van der Waals surface area contributed by atoms with Crippen molar-refractivity contribution in [2.75, 3.05) is 0 Å². The van der Waals surface area contributed by atoms with E-state index in [4.69, 9.17) is 0 Å². The highest BCUT2D eigenvalue weighted by Gasteiger charge is 2.46. The number of carbonyl (C=O) groups excluding carboxylic acids is 4. The Morgan fingerprint density at radius 3 is 0.941 bits per heavy atom. The minimum atomic E-state index is -0.255. The van der Waals surface area contributed by atoms with Crippen molar-refractivity contribution in [3.63, 3.8) is 0 Å². The molecule has 0 radical (unpaired) electrons. The molecular formula is C96H94F2O4. The summed E-state index contributed by atoms with van der Waals surface area (Å²) in [6.45, 7) is 17.6. The van der Waals surface area contributed by atoms with Gasteiger partial charge in [-0.1, -0.05) is 310 Å². The number of Topliss-reactive ketones (excluding diaryl/α,β-unsaturated/α-hetero) is 4. The molecule has 4 unspecified atom stereocenters. The number of hydrogen-bond acceptors (Lipinski definition) is 4. The van der Waals surface area contributed by atoms with Gasteiger partial charge in [0.15, 0.2) is 0 Å². The van der Waals surface area contributed by atoms with Gasteiger partial charge in [-0.3, -0.25) is 19.2 Å². The molecular weight excluding hydrogens is 1260 g/mol. The van der Waals surface area contributed by atoms with Crippen molar-refractivity contribution in [1.29, 1.82) is 0 Å². The minimum absolute atomic E-state index is 0.0331. The van der Waals surface area contributed by atoms with Crippen LogP contribution in [0.25, 0.3) is 43.1 Å². The third kappa shape index (κ3) is 16.9. The second-order valence-corrected chi connectivity index (χ2v) is 30.5. The SMILES string of the molecule is CC(C)c1ccc(C2CC2C(=O)Cc2ccc3ccccc3c2F)cc1.CC(C)c1ccc([C@@H]2C[C@H]2C(=O)Cc2ccc3ccccc3c2F)cc1.CC(C)c1cccc(C2CC2C(=O)Cc2ccc3ccccc3c2)c1.CC(C)c1cccc([C@@H]2C[C@H]2C(=O)Cc2ccc3ccccc3c2)c1. The van der Waals surface area contributed by atoms with E-state index in [-0.39, 0.29) is 59.7 Å². The molecule has 4 saturated carbocycles. The maximum absolute atomic E-state index is 14.7. The van der Waals surface area contributed by atoms with Gasteiger partial charge in [0.1, 0.15) is 34.8 Å². The summed E-state index contributed by atoms with van der Waals surface area (Å²) in [4.78, 5) is 50.7. The quantitative estimate of drug-likeness (QED) is 0.0762. The van der Waals surface area contributed by atoms with E-state index in [1.165, 1.54) is 66.1 Å². The molecule has 4 nitrogen and oxygen atoms in total. The Balaban J connectivity index is 0.000000121. The molecule has 16 rings (SSSR count). The van der Waals surface area contributed by atoms with Gasteiger partial charge in [0.25, 0.3) is 0 Å². The first kappa shape index (κ1) is 70.6. The van der Waals surface area contributed by atoms with Crippen LogP contribution in [0, 0.1) is 35.3 Å². The Bertz CT molecular complexity index is 4700. The maximum Gasteiger partial charge on any atom is 0.141 e. The first-order valence-electron chi connectivity index (χ1n) is 37.1. The largest absolute Gasteiger partial charge is 0.299 e. The van der Waals surface area contributed by atoms with Gasteiger partial charge in [-0.2, -0.15) is 0 Å². The third-order valence-corrected chi connectivity index (χ3v) is 21.9. The Kier molecular flexibility index (Phi) is 21.6. The molecule has 0 spiro atoms. The fraction of sp³-hybridized carbons (Fsp3) is 0.292. The maximum atomic E-state index is 14.7. The summed E-state index contributed by atoms with van der Waals surface area (Å²) in [5.74, 6) is 4.56. The number of hydrogen-bond donors (Lipinski definition) is 0. The monoisotopic (exact) mass is 1350 g/mol. The minimum Gasteiger partial charge on any atom is -0.299 e. The number of ketones is 4. The summed E-state index contributed by atoms with van der Waals surface area (Å²) in [6.07, 6.45) is 5.25. The number of benzene rings is 12. The Labute approximate surface area is 601 Å². The van der Waals surface area contributed by atoms with Crippen molar-refractivity contribution < 1.29 is 28.0 Å². The van der Waals surface area contributed by atoms with Gasteiger partial charge in [-0.15, -0.1) is 0 Å². The Morgan fingerprint density at radius 1 is 0.284 bits per heavy atom. The molecule has 12 aromatic rings. The van der Waals surface area contributed by atoms with Crippen LogP contribution in [-0.4, -0.2) is 23.1 Å². The zero-order valence-corrected chi connectivity index (χ0v) is 60.2. The van der Waals surface area contributed by atoms with Crippen molar-refractivity contribution in [3.8, 4) is 0 Å². The van der Waals surface area contributed by atoms with E-state index in [1.54, 1.807) is 24.3 Å². The van der Waals surface area contributed by atoms with Crippen molar-refractivity contribution >= 4 is 66.2 Å². The molecule has 0 N–H and O–H groups in total. The van der Waals surface area contributed by atoms with Crippen LogP contribution in [0.2, 0.25) is 0 Å². The van der Waals surface area contributed by atoms with Gasteiger partial charge >= 0.3 is 0 Å². The fourth-order valence-corrected chi connectivity index (χ4v) is 15.1. The van der Waals surface area contributed by atoms with Crippen molar-refractivity contribution in [3.05, 3.63) is 333 Å². The Hall–Kier alpha value is -9.78. The average molecular weight is 1350 g/mol. The first-order valence-corrected chi connectivity index (χ1v) is 37.1. The average Bonchev–Trinajstić information content (AvgIpc) is 1.67. The van der Waals surface area contributed by atoms with Crippen LogP contribution in [-0.2, 0) is 44.9 Å². The van der Waals surface area contributed by atoms with E-state index in [0.717, 1.165) is 47.6 Å². The number of halogens is 2. The van der Waals surface area contributed by atoms with Crippen LogP contribution >= 0.6 is 0 Å². The fourth-order valence-electron chi connectivity index (χ4n) is 15.1. The zero-order chi connectivity index (χ0) is 71.3. The molecule has 0 heterocycles. The smallest absolute Gasteiger partial charge is 0.141 e. The highest BCUT2D eigenvalue weighted by molar-refractivity contribution is 5.93. The van der Waals surface area contributed by atoms with Crippen LogP contribution in [0.15, 0.2) is 255 Å². The van der Waals surface area contributed by atoms with E-state index in [1.807, 2.05) is 72.8 Å². The summed E-state index contributed by atoms with van der Waals surface area (Å²) in [5.41, 5.74) is 13.8. The van der Waals surface area contributed by atoms with Gasteiger partial charge in [0, 0.05) is 60.1 Å². The highest BCUT2D eigenvalue weighted by Crippen LogP contribution is 2.52. The van der Waals surface area contributed by atoms with Crippen LogP contribution in [0.5, 0.6) is 0 Å². The lowest BCUT2D eigenvalue weighted by atomic mass is 9.97. The summed E-state index contributed by atoms with van der Waals surface area (Å²) in [7, 11) is 0. The molecule has 0 bridgehead atoms. The molecule has 12 aromatic carbocycles. The van der Waals surface area contributed by atoms with Gasteiger partial charge in [0.05, 0.1) is 0 Å². The first-order chi connectivity index (χ1) is 49.3. The lowest BCUT2D eigenvalue weighted by molar-refractivity contribution is -0.120. The topological polar surface area (TPSA) is 68.3 Å². The van der Waals surface area contributed by atoms with Gasteiger partial charge < -0.3 is 0 Å². The normalized spacial score (nSPS) is 19.2. The second kappa shape index (κ2) is 31.2. The van der Waals surface area contributed by atoms with Gasteiger partial charge in [-0.05, 0) is 172 Å². The molecule has 8 atom stereocenters. The van der Waals surface area contributed by atoms with Crippen LogP contribution in [0.3, 0.4) is 0 Å². The van der Waals surface area contributed by atoms with E-state index in [0.29, 0.717) is 93.7 Å². The van der Waals surface area contributed by atoms with E-state index in [9.17, 15) is 28.0 Å². The lowest BCUT2D eigenvalue weighted by Gasteiger charge is -2.08. The number of carbonyl (C=O) groups is 4. The molecule has 6 heteroatoms. The lowest BCUT2D eigenvalue weighted by Crippen LogP contribution is -2.08. The predicted molar refractivity (Wildman–Crippen MR) is 416 cm³/mol. The summed E-state index contributed by atoms with van der Waals surface area (Å²) < 4.78 is 29.4. The molecule has 0 aliphatic heterocycles. The van der Waals surface area contributed by atoms with Gasteiger partial charge in [-0.25, -0.2) is 8.78 Å². The van der Waals surface area contributed by atoms with E-state index in [2.05, 4.69) is 213 Å².